The molecule has 6 nitrogen and oxygen atoms in total. The van der Waals surface area contributed by atoms with Gasteiger partial charge in [0.1, 0.15) is 11.6 Å². The third kappa shape index (κ3) is 2.62. The number of hydrogen-bond acceptors (Lipinski definition) is 5. The van der Waals surface area contributed by atoms with E-state index in [2.05, 4.69) is 24.8 Å². The number of anilines is 1. The van der Waals surface area contributed by atoms with Crippen LogP contribution in [0.25, 0.3) is 11.0 Å². The number of likely N-dealkylation sites (tertiary alicyclic amines) is 1. The monoisotopic (exact) mass is 311 g/mol. The first kappa shape index (κ1) is 14.4. The van der Waals surface area contributed by atoms with Crippen molar-refractivity contribution in [2.24, 2.45) is 0 Å². The van der Waals surface area contributed by atoms with Crippen LogP contribution in [0.4, 0.5) is 5.82 Å². The standard InChI is InChI=1S/C17H21N5O/c1-12-19-16-14(4-2-8-18-16)17(20-12)21-10-6-13(7-11-21)22-9-3-5-15(22)23/h2,4,8,13H,3,5-7,9-11H2,1H3. The van der Waals surface area contributed by atoms with Gasteiger partial charge in [-0.1, -0.05) is 0 Å². The molecule has 2 aromatic rings. The summed E-state index contributed by atoms with van der Waals surface area (Å²) in [5.74, 6) is 2.06. The number of rotatable bonds is 2. The van der Waals surface area contributed by atoms with Crippen molar-refractivity contribution in [3.05, 3.63) is 24.2 Å². The van der Waals surface area contributed by atoms with E-state index in [4.69, 9.17) is 0 Å². The maximum atomic E-state index is 11.9. The molecule has 4 rings (SSSR count). The van der Waals surface area contributed by atoms with Crippen molar-refractivity contribution < 1.29 is 4.79 Å². The number of aromatic nitrogens is 3. The molecule has 2 fully saturated rings. The Labute approximate surface area is 135 Å². The molecule has 23 heavy (non-hydrogen) atoms. The lowest BCUT2D eigenvalue weighted by molar-refractivity contribution is -0.130. The van der Waals surface area contributed by atoms with E-state index < -0.39 is 0 Å². The Morgan fingerprint density at radius 1 is 1.17 bits per heavy atom. The van der Waals surface area contributed by atoms with Gasteiger partial charge in [0, 0.05) is 38.3 Å². The molecule has 0 aromatic carbocycles. The molecular formula is C17H21N5O. The molecule has 2 aliphatic rings. The summed E-state index contributed by atoms with van der Waals surface area (Å²) in [6.07, 6.45) is 5.53. The van der Waals surface area contributed by atoms with Crippen LogP contribution in [-0.4, -0.2) is 51.4 Å². The highest BCUT2D eigenvalue weighted by Gasteiger charge is 2.31. The average Bonchev–Trinajstić information content (AvgIpc) is 3.00. The molecule has 0 unspecified atom stereocenters. The molecule has 2 aliphatic heterocycles. The Hall–Kier alpha value is -2.24. The maximum Gasteiger partial charge on any atom is 0.222 e. The topological polar surface area (TPSA) is 62.2 Å². The van der Waals surface area contributed by atoms with Gasteiger partial charge in [0.25, 0.3) is 0 Å². The quantitative estimate of drug-likeness (QED) is 0.848. The van der Waals surface area contributed by atoms with Gasteiger partial charge >= 0.3 is 0 Å². The zero-order valence-electron chi connectivity index (χ0n) is 13.4. The van der Waals surface area contributed by atoms with Crippen LogP contribution in [0.15, 0.2) is 18.3 Å². The number of carbonyl (C=O) groups excluding carboxylic acids is 1. The fourth-order valence-electron chi connectivity index (χ4n) is 3.74. The molecule has 1 amide bonds. The Balaban J connectivity index is 1.56. The first-order valence-electron chi connectivity index (χ1n) is 8.36. The van der Waals surface area contributed by atoms with Crippen LogP contribution in [0.2, 0.25) is 0 Å². The third-order valence-corrected chi connectivity index (χ3v) is 4.88. The Morgan fingerprint density at radius 2 is 2.00 bits per heavy atom. The molecule has 2 aromatic heterocycles. The summed E-state index contributed by atoms with van der Waals surface area (Å²) in [6, 6.07) is 4.36. The number of pyridine rings is 1. The molecule has 0 N–H and O–H groups in total. The normalized spacial score (nSPS) is 19.8. The van der Waals surface area contributed by atoms with Crippen LogP contribution >= 0.6 is 0 Å². The van der Waals surface area contributed by atoms with Crippen LogP contribution in [0, 0.1) is 6.92 Å². The molecule has 4 heterocycles. The van der Waals surface area contributed by atoms with E-state index in [-0.39, 0.29) is 0 Å². The Morgan fingerprint density at radius 3 is 2.74 bits per heavy atom. The number of carbonyl (C=O) groups is 1. The van der Waals surface area contributed by atoms with Crippen molar-refractivity contribution in [2.45, 2.75) is 38.6 Å². The maximum absolute atomic E-state index is 11.9. The van der Waals surface area contributed by atoms with Crippen LogP contribution in [0.5, 0.6) is 0 Å². The SMILES string of the molecule is Cc1nc(N2CCC(N3CCCC3=O)CC2)c2cccnc2n1. The summed E-state index contributed by atoms with van der Waals surface area (Å²) >= 11 is 0. The number of nitrogens with zero attached hydrogens (tertiary/aromatic N) is 5. The number of fused-ring (bicyclic) bond motifs is 1. The molecule has 0 bridgehead atoms. The minimum Gasteiger partial charge on any atom is -0.356 e. The van der Waals surface area contributed by atoms with E-state index in [9.17, 15) is 4.79 Å². The molecule has 0 spiro atoms. The summed E-state index contributed by atoms with van der Waals surface area (Å²) in [7, 11) is 0. The summed E-state index contributed by atoms with van der Waals surface area (Å²) in [5.41, 5.74) is 0.756. The molecule has 0 radical (unpaired) electrons. The van der Waals surface area contributed by atoms with Crippen molar-refractivity contribution in [1.82, 2.24) is 19.9 Å². The Bertz CT molecular complexity index is 739. The fourth-order valence-corrected chi connectivity index (χ4v) is 3.74. The highest BCUT2D eigenvalue weighted by atomic mass is 16.2. The van der Waals surface area contributed by atoms with E-state index in [0.29, 0.717) is 11.9 Å². The third-order valence-electron chi connectivity index (χ3n) is 4.88. The fraction of sp³-hybridized carbons (Fsp3) is 0.529. The van der Waals surface area contributed by atoms with Gasteiger partial charge in [-0.05, 0) is 38.3 Å². The van der Waals surface area contributed by atoms with Crippen LogP contribution in [0.3, 0.4) is 0 Å². The second-order valence-corrected chi connectivity index (χ2v) is 6.38. The molecule has 2 saturated heterocycles. The van der Waals surface area contributed by atoms with Gasteiger partial charge in [0.2, 0.25) is 5.91 Å². The first-order chi connectivity index (χ1) is 11.2. The van der Waals surface area contributed by atoms with Crippen molar-refractivity contribution in [1.29, 1.82) is 0 Å². The zero-order chi connectivity index (χ0) is 15.8. The predicted octanol–water partition coefficient (Wildman–Crippen LogP) is 1.92. The van der Waals surface area contributed by atoms with Crippen molar-refractivity contribution >= 4 is 22.8 Å². The van der Waals surface area contributed by atoms with E-state index in [1.54, 1.807) is 6.20 Å². The largest absolute Gasteiger partial charge is 0.356 e. The zero-order valence-corrected chi connectivity index (χ0v) is 13.4. The molecule has 0 atom stereocenters. The first-order valence-corrected chi connectivity index (χ1v) is 8.36. The van der Waals surface area contributed by atoms with E-state index in [0.717, 1.165) is 68.0 Å². The van der Waals surface area contributed by atoms with Gasteiger partial charge in [-0.3, -0.25) is 4.79 Å². The lowest BCUT2D eigenvalue weighted by atomic mass is 10.0. The number of amides is 1. The van der Waals surface area contributed by atoms with Gasteiger partial charge < -0.3 is 9.80 Å². The van der Waals surface area contributed by atoms with Gasteiger partial charge in [-0.2, -0.15) is 0 Å². The van der Waals surface area contributed by atoms with E-state index >= 15 is 0 Å². The van der Waals surface area contributed by atoms with Gasteiger partial charge in [-0.15, -0.1) is 0 Å². The minimum atomic E-state index is 0.330. The lowest BCUT2D eigenvalue weighted by Crippen LogP contribution is -2.45. The van der Waals surface area contributed by atoms with Crippen LogP contribution in [0.1, 0.15) is 31.5 Å². The number of piperidine rings is 1. The second kappa shape index (κ2) is 5.76. The van der Waals surface area contributed by atoms with Gasteiger partial charge in [-0.25, -0.2) is 15.0 Å². The highest BCUT2D eigenvalue weighted by Crippen LogP contribution is 2.28. The van der Waals surface area contributed by atoms with Crippen molar-refractivity contribution in [3.63, 3.8) is 0 Å². The molecule has 0 aliphatic carbocycles. The molecule has 0 saturated carbocycles. The summed E-state index contributed by atoms with van der Waals surface area (Å²) in [5, 5.41) is 1.01. The van der Waals surface area contributed by atoms with Crippen molar-refractivity contribution in [2.75, 3.05) is 24.5 Å². The number of aryl methyl sites for hydroxylation is 1. The van der Waals surface area contributed by atoms with Gasteiger partial charge in [0.15, 0.2) is 5.65 Å². The molecule has 120 valence electrons. The molecule has 6 heteroatoms. The molecular weight excluding hydrogens is 290 g/mol. The second-order valence-electron chi connectivity index (χ2n) is 6.38. The van der Waals surface area contributed by atoms with E-state index in [1.165, 1.54) is 0 Å². The summed E-state index contributed by atoms with van der Waals surface area (Å²) in [4.78, 5) is 29.8. The minimum absolute atomic E-state index is 0.330. The number of hydrogen-bond donors (Lipinski definition) is 0. The smallest absolute Gasteiger partial charge is 0.222 e. The Kier molecular flexibility index (Phi) is 3.59. The lowest BCUT2D eigenvalue weighted by Gasteiger charge is -2.37. The summed E-state index contributed by atoms with van der Waals surface area (Å²) in [6.45, 7) is 4.69. The average molecular weight is 311 g/mol. The van der Waals surface area contributed by atoms with E-state index in [1.807, 2.05) is 19.1 Å². The summed E-state index contributed by atoms with van der Waals surface area (Å²) < 4.78 is 0. The highest BCUT2D eigenvalue weighted by molar-refractivity contribution is 5.86. The van der Waals surface area contributed by atoms with Crippen molar-refractivity contribution in [3.8, 4) is 0 Å². The van der Waals surface area contributed by atoms with Crippen LogP contribution < -0.4 is 4.90 Å². The van der Waals surface area contributed by atoms with Crippen LogP contribution in [-0.2, 0) is 4.79 Å². The van der Waals surface area contributed by atoms with Gasteiger partial charge in [0.05, 0.1) is 5.39 Å². The predicted molar refractivity (Wildman–Crippen MR) is 88.3 cm³/mol.